The number of carbonyl (C=O) groups is 1. The van der Waals surface area contributed by atoms with E-state index in [1.165, 1.54) is 0 Å². The first kappa shape index (κ1) is 15.3. The molecule has 0 aromatic rings. The fourth-order valence-electron chi connectivity index (χ4n) is 0.633. The molecule has 0 bridgehead atoms. The number of halogens is 6. The number of alkyl halides is 6. The Labute approximate surface area is 90.4 Å². The molecule has 98 valence electrons. The Morgan fingerprint density at radius 2 is 1.71 bits per heavy atom. The lowest BCUT2D eigenvalue weighted by molar-refractivity contribution is -0.133. The highest BCUT2D eigenvalue weighted by Crippen LogP contribution is 2.23. The quantitative estimate of drug-likeness (QED) is 0.460. The van der Waals surface area contributed by atoms with Crippen LogP contribution >= 0.6 is 0 Å². The number of nitrogens with zero attached hydrogens (tertiary/aromatic N) is 1. The maximum atomic E-state index is 12.0. The fourth-order valence-corrected chi connectivity index (χ4v) is 0.633. The summed E-state index contributed by atoms with van der Waals surface area (Å²) in [5, 5.41) is 8.33. The zero-order valence-corrected chi connectivity index (χ0v) is 7.93. The van der Waals surface area contributed by atoms with Crippen molar-refractivity contribution in [2.75, 3.05) is 6.54 Å². The van der Waals surface area contributed by atoms with Crippen LogP contribution in [0.2, 0.25) is 0 Å². The predicted molar refractivity (Wildman–Crippen MR) is 44.3 cm³/mol. The first-order valence-electron chi connectivity index (χ1n) is 3.82. The van der Waals surface area contributed by atoms with E-state index in [1.807, 2.05) is 0 Å². The molecule has 0 unspecified atom stereocenters. The van der Waals surface area contributed by atoms with Crippen molar-refractivity contribution in [1.82, 2.24) is 0 Å². The number of carboxylic acids is 1. The molecule has 0 heterocycles. The number of hydrogen-bond donors (Lipinski definition) is 2. The molecule has 3 N–H and O–H groups in total. The second kappa shape index (κ2) is 5.06. The third-order valence-corrected chi connectivity index (χ3v) is 1.32. The van der Waals surface area contributed by atoms with Crippen molar-refractivity contribution in [3.8, 4) is 0 Å². The molecule has 0 spiro atoms. The van der Waals surface area contributed by atoms with E-state index in [0.717, 1.165) is 0 Å². The highest BCUT2D eigenvalue weighted by Gasteiger charge is 2.36. The number of aliphatic imine (C=N–C) groups is 1. The molecule has 0 rings (SSSR count). The predicted octanol–water partition coefficient (Wildman–Crippen LogP) is 1.48. The van der Waals surface area contributed by atoms with Crippen molar-refractivity contribution >= 4 is 12.2 Å². The van der Waals surface area contributed by atoms with E-state index in [1.54, 1.807) is 0 Å². The maximum absolute atomic E-state index is 12.0. The molecule has 4 nitrogen and oxygen atoms in total. The van der Waals surface area contributed by atoms with Gasteiger partial charge in [0.2, 0.25) is 0 Å². The van der Waals surface area contributed by atoms with Crippen molar-refractivity contribution in [3.05, 3.63) is 11.3 Å². The first-order valence-corrected chi connectivity index (χ1v) is 3.82. The van der Waals surface area contributed by atoms with Gasteiger partial charge in [0.1, 0.15) is 17.8 Å². The van der Waals surface area contributed by atoms with Crippen LogP contribution in [-0.2, 0) is 4.79 Å². The van der Waals surface area contributed by atoms with Gasteiger partial charge in [-0.25, -0.2) is 4.79 Å². The number of rotatable bonds is 3. The molecule has 0 atom stereocenters. The first-order chi connectivity index (χ1) is 7.45. The van der Waals surface area contributed by atoms with Crippen molar-refractivity contribution < 1.29 is 36.2 Å². The molecule has 0 saturated carbocycles. The Balaban J connectivity index is 5.10. The molecule has 0 aromatic carbocycles. The lowest BCUT2D eigenvalue weighted by Crippen LogP contribution is -2.25. The summed E-state index contributed by atoms with van der Waals surface area (Å²) in [5.74, 6) is -2.12. The van der Waals surface area contributed by atoms with Crippen molar-refractivity contribution in [3.63, 3.8) is 0 Å². The monoisotopic (exact) mass is 264 g/mol. The number of allylic oxidation sites excluding steroid dienone is 1. The van der Waals surface area contributed by atoms with E-state index in [2.05, 4.69) is 10.7 Å². The Kier molecular flexibility index (Phi) is 4.54. The highest BCUT2D eigenvalue weighted by molar-refractivity contribution is 6.09. The minimum Gasteiger partial charge on any atom is -0.478 e. The van der Waals surface area contributed by atoms with Crippen molar-refractivity contribution in [2.24, 2.45) is 10.7 Å². The van der Waals surface area contributed by atoms with Gasteiger partial charge in [0.05, 0.1) is 0 Å². The molecule has 10 heteroatoms. The van der Waals surface area contributed by atoms with Crippen LogP contribution in [0.25, 0.3) is 0 Å². The molecule has 0 radical (unpaired) electrons. The van der Waals surface area contributed by atoms with Gasteiger partial charge in [-0.05, 0) is 0 Å². The van der Waals surface area contributed by atoms with Gasteiger partial charge in [0.25, 0.3) is 0 Å². The van der Waals surface area contributed by atoms with Gasteiger partial charge in [-0.15, -0.1) is 0 Å². The van der Waals surface area contributed by atoms with Gasteiger partial charge in [-0.2, -0.15) is 26.3 Å². The smallest absolute Gasteiger partial charge is 0.431 e. The summed E-state index contributed by atoms with van der Waals surface area (Å²) in [7, 11) is 0. The minimum absolute atomic E-state index is 0.0708. The topological polar surface area (TPSA) is 75.7 Å². The van der Waals surface area contributed by atoms with E-state index < -0.39 is 36.1 Å². The molecule has 0 aliphatic rings. The second-order valence-electron chi connectivity index (χ2n) is 2.72. The van der Waals surface area contributed by atoms with E-state index in [-0.39, 0.29) is 6.21 Å². The molecule has 0 aromatic heterocycles. The molecule has 0 aliphatic carbocycles. The van der Waals surface area contributed by atoms with Crippen LogP contribution in [0.1, 0.15) is 0 Å². The van der Waals surface area contributed by atoms with Crippen LogP contribution < -0.4 is 5.73 Å². The number of nitrogens with two attached hydrogens (primary N) is 1. The van der Waals surface area contributed by atoms with Crippen LogP contribution in [-0.4, -0.2) is 36.2 Å². The summed E-state index contributed by atoms with van der Waals surface area (Å²) in [6.07, 6.45) is -9.97. The average Bonchev–Trinajstić information content (AvgIpc) is 2.07. The van der Waals surface area contributed by atoms with Crippen molar-refractivity contribution in [2.45, 2.75) is 12.4 Å². The van der Waals surface area contributed by atoms with Gasteiger partial charge in [-0.1, -0.05) is 0 Å². The van der Waals surface area contributed by atoms with Crippen LogP contribution in [0.5, 0.6) is 0 Å². The van der Waals surface area contributed by atoms with Gasteiger partial charge < -0.3 is 10.8 Å². The molecule has 0 amide bonds. The zero-order chi connectivity index (χ0) is 13.9. The Bertz CT molecular complexity index is 354. The maximum Gasteiger partial charge on any atom is 0.431 e. The normalized spacial score (nSPS) is 14.9. The summed E-state index contributed by atoms with van der Waals surface area (Å²) in [4.78, 5) is 12.9. The molecule has 0 fully saturated rings. The largest absolute Gasteiger partial charge is 0.478 e. The molecule has 0 saturated heterocycles. The number of aliphatic carboxylic acids is 1. The van der Waals surface area contributed by atoms with Gasteiger partial charge in [0, 0.05) is 6.21 Å². The molecule has 17 heavy (non-hydrogen) atoms. The molecular weight excluding hydrogens is 258 g/mol. The van der Waals surface area contributed by atoms with Gasteiger partial charge in [-0.3, -0.25) is 4.99 Å². The third kappa shape index (κ3) is 5.78. The zero-order valence-electron chi connectivity index (χ0n) is 7.93. The second-order valence-corrected chi connectivity index (χ2v) is 2.72. The number of hydrogen-bond acceptors (Lipinski definition) is 3. The number of carboxylic acid groups (broad SMARTS) is 1. The van der Waals surface area contributed by atoms with E-state index in [0.29, 0.717) is 0 Å². The summed E-state index contributed by atoms with van der Waals surface area (Å²) in [6.45, 7) is -1.80. The fraction of sp³-hybridized carbons (Fsp3) is 0.429. The highest BCUT2D eigenvalue weighted by atomic mass is 19.4. The van der Waals surface area contributed by atoms with E-state index in [4.69, 9.17) is 5.11 Å². The lowest BCUT2D eigenvalue weighted by atomic mass is 10.2. The van der Waals surface area contributed by atoms with Crippen LogP contribution in [0, 0.1) is 0 Å². The third-order valence-electron chi connectivity index (χ3n) is 1.32. The average molecular weight is 264 g/mol. The minimum atomic E-state index is -5.15. The van der Waals surface area contributed by atoms with Crippen LogP contribution in [0.3, 0.4) is 0 Å². The van der Waals surface area contributed by atoms with E-state index in [9.17, 15) is 31.1 Å². The Hall–Kier alpha value is -1.74. The van der Waals surface area contributed by atoms with Crippen molar-refractivity contribution in [1.29, 1.82) is 0 Å². The Morgan fingerprint density at radius 1 is 1.24 bits per heavy atom. The standard InChI is InChI=1S/C7H6F6N2O2/c8-6(9,10)2-15-1-3(5(16)17)4(14)7(11,12)13/h1H,2,14H2,(H,16,17)/b4-3+,15-1?. The van der Waals surface area contributed by atoms with Crippen LogP contribution in [0.4, 0.5) is 26.3 Å². The van der Waals surface area contributed by atoms with E-state index >= 15 is 0 Å². The lowest BCUT2D eigenvalue weighted by Gasteiger charge is -2.08. The molecular formula is C7H6F6N2O2. The summed E-state index contributed by atoms with van der Waals surface area (Å²) in [5.41, 5.74) is 0.889. The SMILES string of the molecule is N/C(=C(\C=NCC(F)(F)F)C(=O)O)C(F)(F)F. The summed E-state index contributed by atoms with van der Waals surface area (Å²) >= 11 is 0. The molecule has 0 aliphatic heterocycles. The van der Waals surface area contributed by atoms with Gasteiger partial charge in [0.15, 0.2) is 0 Å². The van der Waals surface area contributed by atoms with Gasteiger partial charge >= 0.3 is 18.3 Å². The Morgan fingerprint density at radius 3 is 2.00 bits per heavy atom. The summed E-state index contributed by atoms with van der Waals surface area (Å²) in [6, 6.07) is 0. The van der Waals surface area contributed by atoms with Crippen LogP contribution in [0.15, 0.2) is 16.3 Å². The summed E-state index contributed by atoms with van der Waals surface area (Å²) < 4.78 is 70.8.